The number of nitrogens with zero attached hydrogens (tertiary/aromatic N) is 1. The molecule has 1 atom stereocenters. The molecular formula is C14H20N2O3S. The lowest BCUT2D eigenvalue weighted by molar-refractivity contribution is -0.139. The third kappa shape index (κ3) is 3.50. The number of thiophene rings is 1. The van der Waals surface area contributed by atoms with Crippen LogP contribution in [0.2, 0.25) is 0 Å². The maximum Gasteiger partial charge on any atom is 0.326 e. The molecule has 2 amide bonds. The Morgan fingerprint density at radius 3 is 3.05 bits per heavy atom. The minimum absolute atomic E-state index is 0.273. The summed E-state index contributed by atoms with van der Waals surface area (Å²) in [7, 11) is 0. The number of unbranched alkanes of at least 4 members (excludes halogenated alkanes) is 1. The molecule has 0 spiro atoms. The number of hydrogen-bond donors (Lipinski definition) is 2. The second-order valence-electron chi connectivity index (χ2n) is 5.02. The van der Waals surface area contributed by atoms with Crippen molar-refractivity contribution in [2.75, 3.05) is 6.54 Å². The number of carbonyl (C=O) groups excluding carboxylic acids is 1. The van der Waals surface area contributed by atoms with Crippen molar-refractivity contribution in [1.82, 2.24) is 10.2 Å². The van der Waals surface area contributed by atoms with E-state index < -0.39 is 12.0 Å². The van der Waals surface area contributed by atoms with Gasteiger partial charge in [-0.15, -0.1) is 11.3 Å². The van der Waals surface area contributed by atoms with Crippen molar-refractivity contribution in [3.63, 3.8) is 0 Å². The van der Waals surface area contributed by atoms with Crippen LogP contribution in [0.25, 0.3) is 0 Å². The van der Waals surface area contributed by atoms with Crippen molar-refractivity contribution in [2.45, 2.75) is 45.2 Å². The number of hydrogen-bond acceptors (Lipinski definition) is 3. The SMILES string of the molecule is CCCCC(NC(=O)N1CCc2sccc2C1)C(=O)O. The van der Waals surface area contributed by atoms with Crippen molar-refractivity contribution in [3.05, 3.63) is 21.9 Å². The summed E-state index contributed by atoms with van der Waals surface area (Å²) in [6.45, 7) is 3.23. The predicted molar refractivity (Wildman–Crippen MR) is 77.9 cm³/mol. The van der Waals surface area contributed by atoms with E-state index in [-0.39, 0.29) is 6.03 Å². The van der Waals surface area contributed by atoms with E-state index in [1.165, 1.54) is 10.4 Å². The lowest BCUT2D eigenvalue weighted by atomic mass is 10.1. The van der Waals surface area contributed by atoms with E-state index in [1.54, 1.807) is 16.2 Å². The van der Waals surface area contributed by atoms with E-state index in [1.807, 2.05) is 18.4 Å². The minimum atomic E-state index is -0.958. The van der Waals surface area contributed by atoms with E-state index >= 15 is 0 Å². The Labute approximate surface area is 122 Å². The molecule has 1 aromatic rings. The zero-order chi connectivity index (χ0) is 14.5. The van der Waals surface area contributed by atoms with Gasteiger partial charge in [0.05, 0.1) is 0 Å². The molecular weight excluding hydrogens is 276 g/mol. The van der Waals surface area contributed by atoms with Crippen molar-refractivity contribution in [1.29, 1.82) is 0 Å². The van der Waals surface area contributed by atoms with Crippen LogP contribution in [-0.4, -0.2) is 34.6 Å². The fourth-order valence-corrected chi connectivity index (χ4v) is 3.22. The zero-order valence-corrected chi connectivity index (χ0v) is 12.4. The Hall–Kier alpha value is -1.56. The van der Waals surface area contributed by atoms with Crippen LogP contribution in [0.15, 0.2) is 11.4 Å². The molecule has 0 saturated carbocycles. The molecule has 0 radical (unpaired) electrons. The van der Waals surface area contributed by atoms with Crippen LogP contribution in [0.1, 0.15) is 36.6 Å². The number of amides is 2. The van der Waals surface area contributed by atoms with Crippen molar-refractivity contribution < 1.29 is 14.7 Å². The predicted octanol–water partition coefficient (Wildman–Crippen LogP) is 2.46. The molecule has 0 saturated heterocycles. The van der Waals surface area contributed by atoms with E-state index in [9.17, 15) is 9.59 Å². The first kappa shape index (κ1) is 14.8. The number of aliphatic carboxylic acids is 1. The van der Waals surface area contributed by atoms with Gasteiger partial charge < -0.3 is 15.3 Å². The Morgan fingerprint density at radius 2 is 2.35 bits per heavy atom. The van der Waals surface area contributed by atoms with E-state index in [2.05, 4.69) is 5.32 Å². The summed E-state index contributed by atoms with van der Waals surface area (Å²) in [4.78, 5) is 26.3. The van der Waals surface area contributed by atoms with Crippen LogP contribution in [0.4, 0.5) is 4.79 Å². The number of fused-ring (bicyclic) bond motifs is 1. The number of urea groups is 1. The monoisotopic (exact) mass is 296 g/mol. The number of rotatable bonds is 5. The van der Waals surface area contributed by atoms with Gasteiger partial charge in [0.15, 0.2) is 0 Å². The van der Waals surface area contributed by atoms with Gasteiger partial charge in [-0.1, -0.05) is 19.8 Å². The van der Waals surface area contributed by atoms with E-state index in [0.29, 0.717) is 19.5 Å². The van der Waals surface area contributed by atoms with Crippen LogP contribution < -0.4 is 5.32 Å². The molecule has 1 unspecified atom stereocenters. The molecule has 1 aromatic heterocycles. The van der Waals surface area contributed by atoms with Gasteiger partial charge >= 0.3 is 12.0 Å². The molecule has 110 valence electrons. The molecule has 0 aromatic carbocycles. The average molecular weight is 296 g/mol. The fraction of sp³-hybridized carbons (Fsp3) is 0.571. The van der Waals surface area contributed by atoms with Gasteiger partial charge in [0.1, 0.15) is 6.04 Å². The molecule has 2 heterocycles. The molecule has 2 rings (SSSR count). The van der Waals surface area contributed by atoms with Crippen molar-refractivity contribution >= 4 is 23.3 Å². The summed E-state index contributed by atoms with van der Waals surface area (Å²) in [6, 6.07) is 0.974. The fourth-order valence-electron chi connectivity index (χ4n) is 2.33. The van der Waals surface area contributed by atoms with E-state index in [0.717, 1.165) is 19.3 Å². The number of carboxylic acid groups (broad SMARTS) is 1. The first-order chi connectivity index (χ1) is 9.61. The lowest BCUT2D eigenvalue weighted by Gasteiger charge is -2.28. The second-order valence-corrected chi connectivity index (χ2v) is 6.02. The van der Waals surface area contributed by atoms with Crippen LogP contribution in [0.5, 0.6) is 0 Å². The Kier molecular flexibility index (Phi) is 5.00. The zero-order valence-electron chi connectivity index (χ0n) is 11.6. The first-order valence-corrected chi connectivity index (χ1v) is 7.83. The summed E-state index contributed by atoms with van der Waals surface area (Å²) in [5.74, 6) is -0.958. The van der Waals surface area contributed by atoms with Crippen LogP contribution in [0, 0.1) is 0 Å². The molecule has 0 aliphatic carbocycles. The highest BCUT2D eigenvalue weighted by molar-refractivity contribution is 7.10. The quantitative estimate of drug-likeness (QED) is 0.877. The molecule has 5 nitrogen and oxygen atoms in total. The van der Waals surface area contributed by atoms with Crippen molar-refractivity contribution in [2.24, 2.45) is 0 Å². The van der Waals surface area contributed by atoms with Gasteiger partial charge in [-0.3, -0.25) is 0 Å². The van der Waals surface area contributed by atoms with Gasteiger partial charge in [-0.25, -0.2) is 9.59 Å². The standard InChI is InChI=1S/C14H20N2O3S/c1-2-3-4-11(13(17)18)15-14(19)16-7-5-12-10(9-16)6-8-20-12/h6,8,11H,2-5,7,9H2,1H3,(H,15,19)(H,17,18). The van der Waals surface area contributed by atoms with Gasteiger partial charge in [-0.05, 0) is 29.9 Å². The van der Waals surface area contributed by atoms with Gasteiger partial charge in [-0.2, -0.15) is 0 Å². The van der Waals surface area contributed by atoms with E-state index in [4.69, 9.17) is 5.11 Å². The highest BCUT2D eigenvalue weighted by atomic mass is 32.1. The summed E-state index contributed by atoms with van der Waals surface area (Å²) < 4.78 is 0. The second kappa shape index (κ2) is 6.74. The molecule has 1 aliphatic rings. The lowest BCUT2D eigenvalue weighted by Crippen LogP contribution is -2.49. The molecule has 1 aliphatic heterocycles. The first-order valence-electron chi connectivity index (χ1n) is 6.95. The molecule has 0 bridgehead atoms. The third-order valence-electron chi connectivity index (χ3n) is 3.54. The Morgan fingerprint density at radius 1 is 1.55 bits per heavy atom. The smallest absolute Gasteiger partial charge is 0.326 e. The van der Waals surface area contributed by atoms with Crippen LogP contribution in [-0.2, 0) is 17.8 Å². The number of carbonyl (C=O) groups is 2. The molecule has 20 heavy (non-hydrogen) atoms. The minimum Gasteiger partial charge on any atom is -0.480 e. The van der Waals surface area contributed by atoms with Gasteiger partial charge in [0, 0.05) is 18.0 Å². The molecule has 2 N–H and O–H groups in total. The maximum atomic E-state index is 12.2. The normalized spacial score (nSPS) is 15.6. The summed E-state index contributed by atoms with van der Waals surface area (Å²) >= 11 is 1.72. The highest BCUT2D eigenvalue weighted by Crippen LogP contribution is 2.23. The van der Waals surface area contributed by atoms with Gasteiger partial charge in [0.2, 0.25) is 0 Å². The third-order valence-corrected chi connectivity index (χ3v) is 4.56. The molecule has 6 heteroatoms. The Balaban J connectivity index is 1.92. The summed E-state index contributed by atoms with van der Waals surface area (Å²) in [5.41, 5.74) is 1.18. The topological polar surface area (TPSA) is 69.6 Å². The summed E-state index contributed by atoms with van der Waals surface area (Å²) in [5, 5.41) is 13.8. The van der Waals surface area contributed by atoms with Crippen LogP contribution in [0.3, 0.4) is 0 Å². The highest BCUT2D eigenvalue weighted by Gasteiger charge is 2.25. The maximum absolute atomic E-state index is 12.2. The average Bonchev–Trinajstić information content (AvgIpc) is 2.90. The van der Waals surface area contributed by atoms with Crippen molar-refractivity contribution in [3.8, 4) is 0 Å². The Bertz CT molecular complexity index is 487. The molecule has 0 fully saturated rings. The van der Waals surface area contributed by atoms with Gasteiger partial charge in [0.25, 0.3) is 0 Å². The summed E-state index contributed by atoms with van der Waals surface area (Å²) in [6.07, 6.45) is 3.05. The largest absolute Gasteiger partial charge is 0.480 e. The van der Waals surface area contributed by atoms with Crippen LogP contribution >= 0.6 is 11.3 Å². The number of nitrogens with one attached hydrogen (secondary N) is 1. The number of carboxylic acids is 1.